The third-order valence-corrected chi connectivity index (χ3v) is 5.98. The van der Waals surface area contributed by atoms with E-state index in [4.69, 9.17) is 5.73 Å². The topological polar surface area (TPSA) is 35.7 Å². The Morgan fingerprint density at radius 3 is 2.45 bits per heavy atom. The average molecular weight is 280 g/mol. The smallest absolute Gasteiger partial charge is 0.0467 e. The van der Waals surface area contributed by atoms with E-state index < -0.39 is 0 Å². The van der Waals surface area contributed by atoms with Gasteiger partial charge in [-0.15, -0.1) is 0 Å². The Balaban J connectivity index is 1.55. The van der Waals surface area contributed by atoms with Crippen molar-refractivity contribution >= 4 is 0 Å². The van der Waals surface area contributed by atoms with Gasteiger partial charge in [0.1, 0.15) is 0 Å². The molecule has 1 aliphatic carbocycles. The largest absolute Gasteiger partial charge is 0.329 e. The quantitative estimate of drug-likeness (QED) is 0.809. The number of hydrogen-bond acceptors (Lipinski definition) is 4. The van der Waals surface area contributed by atoms with E-state index in [0.717, 1.165) is 18.5 Å². The van der Waals surface area contributed by atoms with Crippen LogP contribution < -0.4 is 5.73 Å². The second-order valence-electron chi connectivity index (χ2n) is 7.51. The summed E-state index contributed by atoms with van der Waals surface area (Å²) in [6.07, 6.45) is 6.81. The molecule has 0 aromatic rings. The standard InChI is InChI=1S/C16H32N4/c1-18-8-5-14(6-9-18)11-19(2)16(12-17)7-10-20(13-16)15-3-4-15/h14-15H,3-13,17H2,1-2H3. The van der Waals surface area contributed by atoms with Crippen molar-refractivity contribution in [3.05, 3.63) is 0 Å². The maximum absolute atomic E-state index is 6.20. The molecule has 3 aliphatic rings. The summed E-state index contributed by atoms with van der Waals surface area (Å²) in [5, 5.41) is 0. The molecule has 0 aromatic heterocycles. The fraction of sp³-hybridized carbons (Fsp3) is 1.00. The maximum atomic E-state index is 6.20. The van der Waals surface area contributed by atoms with Crippen molar-refractivity contribution < 1.29 is 0 Å². The number of rotatable bonds is 5. The Labute approximate surface area is 124 Å². The van der Waals surface area contributed by atoms with Gasteiger partial charge in [0, 0.05) is 37.8 Å². The van der Waals surface area contributed by atoms with E-state index >= 15 is 0 Å². The number of nitrogens with two attached hydrogens (primary N) is 1. The van der Waals surface area contributed by atoms with Gasteiger partial charge in [-0.2, -0.15) is 0 Å². The normalized spacial score (nSPS) is 34.2. The predicted molar refractivity (Wildman–Crippen MR) is 83.8 cm³/mol. The Morgan fingerprint density at radius 1 is 1.15 bits per heavy atom. The van der Waals surface area contributed by atoms with Gasteiger partial charge in [0.25, 0.3) is 0 Å². The van der Waals surface area contributed by atoms with Crippen molar-refractivity contribution in [2.75, 3.05) is 53.4 Å². The monoisotopic (exact) mass is 280 g/mol. The van der Waals surface area contributed by atoms with E-state index in [9.17, 15) is 0 Å². The summed E-state index contributed by atoms with van der Waals surface area (Å²) >= 11 is 0. The number of nitrogens with zero attached hydrogens (tertiary/aromatic N) is 3. The predicted octanol–water partition coefficient (Wildman–Crippen LogP) is 0.826. The summed E-state index contributed by atoms with van der Waals surface area (Å²) < 4.78 is 0. The van der Waals surface area contributed by atoms with Gasteiger partial charge in [0.15, 0.2) is 0 Å². The van der Waals surface area contributed by atoms with Gasteiger partial charge in [0.05, 0.1) is 0 Å². The number of piperidine rings is 1. The van der Waals surface area contributed by atoms with Gasteiger partial charge < -0.3 is 10.6 Å². The highest BCUT2D eigenvalue weighted by Gasteiger charge is 2.45. The van der Waals surface area contributed by atoms with Gasteiger partial charge in [-0.05, 0) is 65.2 Å². The fourth-order valence-electron chi connectivity index (χ4n) is 4.10. The molecular formula is C16H32N4. The Morgan fingerprint density at radius 2 is 1.85 bits per heavy atom. The third-order valence-electron chi connectivity index (χ3n) is 5.98. The van der Waals surface area contributed by atoms with Gasteiger partial charge in [-0.3, -0.25) is 9.80 Å². The van der Waals surface area contributed by atoms with Crippen LogP contribution in [0.25, 0.3) is 0 Å². The highest BCUT2D eigenvalue weighted by molar-refractivity contribution is 5.03. The average Bonchev–Trinajstić information content (AvgIpc) is 3.21. The Bertz CT molecular complexity index is 322. The first-order chi connectivity index (χ1) is 9.63. The molecule has 20 heavy (non-hydrogen) atoms. The zero-order chi connectivity index (χ0) is 14.2. The number of likely N-dealkylation sites (tertiary alicyclic amines) is 2. The van der Waals surface area contributed by atoms with Crippen molar-refractivity contribution in [2.45, 2.75) is 43.7 Å². The summed E-state index contributed by atoms with van der Waals surface area (Å²) in [4.78, 5) is 7.77. The van der Waals surface area contributed by atoms with Crippen LogP contribution in [-0.4, -0.2) is 79.6 Å². The molecule has 4 heteroatoms. The molecule has 3 fully saturated rings. The van der Waals surface area contributed by atoms with E-state index in [1.165, 1.54) is 64.8 Å². The molecule has 3 rings (SSSR count). The first-order valence-electron chi connectivity index (χ1n) is 8.47. The highest BCUT2D eigenvalue weighted by atomic mass is 15.3. The molecule has 2 heterocycles. The van der Waals surface area contributed by atoms with Crippen LogP contribution >= 0.6 is 0 Å². The Kier molecular flexibility index (Phi) is 4.37. The van der Waals surface area contributed by atoms with Crippen LogP contribution in [0, 0.1) is 5.92 Å². The lowest BCUT2D eigenvalue weighted by Gasteiger charge is -2.41. The van der Waals surface area contributed by atoms with Gasteiger partial charge in [-0.1, -0.05) is 0 Å². The second kappa shape index (κ2) is 5.91. The minimum atomic E-state index is 0.256. The molecule has 2 N–H and O–H groups in total. The van der Waals surface area contributed by atoms with Crippen molar-refractivity contribution in [3.8, 4) is 0 Å². The molecule has 0 radical (unpaired) electrons. The molecule has 2 aliphatic heterocycles. The first kappa shape index (κ1) is 14.8. The van der Waals surface area contributed by atoms with E-state index in [1.807, 2.05) is 0 Å². The van der Waals surface area contributed by atoms with E-state index in [0.29, 0.717) is 0 Å². The van der Waals surface area contributed by atoms with Crippen LogP contribution in [0.4, 0.5) is 0 Å². The van der Waals surface area contributed by atoms with Gasteiger partial charge >= 0.3 is 0 Å². The minimum Gasteiger partial charge on any atom is -0.329 e. The molecule has 0 spiro atoms. The summed E-state index contributed by atoms with van der Waals surface area (Å²) in [5.41, 5.74) is 6.46. The number of likely N-dealkylation sites (N-methyl/N-ethyl adjacent to an activating group) is 1. The van der Waals surface area contributed by atoms with Crippen LogP contribution in [0.2, 0.25) is 0 Å². The highest BCUT2D eigenvalue weighted by Crippen LogP contribution is 2.36. The van der Waals surface area contributed by atoms with Crippen molar-refractivity contribution in [2.24, 2.45) is 11.7 Å². The lowest BCUT2D eigenvalue weighted by Crippen LogP contribution is -2.55. The maximum Gasteiger partial charge on any atom is 0.0467 e. The van der Waals surface area contributed by atoms with Crippen molar-refractivity contribution in [3.63, 3.8) is 0 Å². The van der Waals surface area contributed by atoms with Crippen molar-refractivity contribution in [1.82, 2.24) is 14.7 Å². The minimum absolute atomic E-state index is 0.256. The van der Waals surface area contributed by atoms with Crippen molar-refractivity contribution in [1.29, 1.82) is 0 Å². The summed E-state index contributed by atoms with van der Waals surface area (Å²) in [5.74, 6) is 0.870. The van der Waals surface area contributed by atoms with E-state index in [2.05, 4.69) is 28.8 Å². The zero-order valence-corrected chi connectivity index (χ0v) is 13.4. The van der Waals surface area contributed by atoms with Crippen LogP contribution in [0.5, 0.6) is 0 Å². The second-order valence-corrected chi connectivity index (χ2v) is 7.51. The molecule has 116 valence electrons. The lowest BCUT2D eigenvalue weighted by atomic mass is 9.91. The van der Waals surface area contributed by atoms with Gasteiger partial charge in [-0.25, -0.2) is 0 Å². The lowest BCUT2D eigenvalue weighted by molar-refractivity contribution is 0.0885. The molecule has 4 nitrogen and oxygen atoms in total. The molecule has 2 saturated heterocycles. The molecule has 1 atom stereocenters. The summed E-state index contributed by atoms with van der Waals surface area (Å²) in [6.45, 7) is 7.06. The Hall–Kier alpha value is -0.160. The molecule has 1 unspecified atom stereocenters. The molecule has 0 bridgehead atoms. The zero-order valence-electron chi connectivity index (χ0n) is 13.4. The first-order valence-corrected chi connectivity index (χ1v) is 8.47. The van der Waals surface area contributed by atoms with Gasteiger partial charge in [0.2, 0.25) is 0 Å². The fourth-order valence-corrected chi connectivity index (χ4v) is 4.10. The van der Waals surface area contributed by atoms with E-state index in [1.54, 1.807) is 0 Å². The molecule has 0 amide bonds. The van der Waals surface area contributed by atoms with Crippen LogP contribution in [-0.2, 0) is 0 Å². The van der Waals surface area contributed by atoms with Crippen LogP contribution in [0.15, 0.2) is 0 Å². The SMILES string of the molecule is CN1CCC(CN(C)C2(CN)CCN(C3CC3)C2)CC1. The molecular weight excluding hydrogens is 248 g/mol. The van der Waals surface area contributed by atoms with E-state index in [-0.39, 0.29) is 5.54 Å². The third kappa shape index (κ3) is 3.03. The summed E-state index contributed by atoms with van der Waals surface area (Å²) in [7, 11) is 4.56. The molecule has 0 aromatic carbocycles. The number of hydrogen-bond donors (Lipinski definition) is 1. The van der Waals surface area contributed by atoms with Crippen LogP contribution in [0.1, 0.15) is 32.1 Å². The van der Waals surface area contributed by atoms with Crippen LogP contribution in [0.3, 0.4) is 0 Å². The molecule has 1 saturated carbocycles. The summed E-state index contributed by atoms with van der Waals surface area (Å²) in [6, 6.07) is 0.889.